The normalized spacial score (nSPS) is 12.4. The van der Waals surface area contributed by atoms with E-state index >= 15 is 0 Å². The Morgan fingerprint density at radius 1 is 1.37 bits per heavy atom. The van der Waals surface area contributed by atoms with Crippen molar-refractivity contribution in [2.75, 3.05) is 11.1 Å². The molecule has 0 aliphatic heterocycles. The second-order valence-corrected chi connectivity index (χ2v) is 6.06. The Labute approximate surface area is 117 Å². The molecule has 6 heteroatoms. The van der Waals surface area contributed by atoms with Gasteiger partial charge in [-0.15, -0.1) is 11.3 Å². The first kappa shape index (κ1) is 13.7. The van der Waals surface area contributed by atoms with Gasteiger partial charge in [-0.05, 0) is 45.2 Å². The molecule has 1 atom stereocenters. The van der Waals surface area contributed by atoms with Crippen molar-refractivity contribution < 1.29 is 0 Å². The van der Waals surface area contributed by atoms with Crippen LogP contribution < -0.4 is 11.1 Å². The van der Waals surface area contributed by atoms with Gasteiger partial charge >= 0.3 is 0 Å². The quantitative estimate of drug-likeness (QED) is 0.878. The van der Waals surface area contributed by atoms with E-state index in [1.165, 1.54) is 21.6 Å². The summed E-state index contributed by atoms with van der Waals surface area (Å²) in [6.07, 6.45) is 3.52. The summed E-state index contributed by atoms with van der Waals surface area (Å²) in [6.45, 7) is 6.44. The first-order chi connectivity index (χ1) is 9.04. The van der Waals surface area contributed by atoms with Crippen LogP contribution in [-0.4, -0.2) is 21.0 Å². The van der Waals surface area contributed by atoms with Crippen LogP contribution in [-0.2, 0) is 6.42 Å². The number of anilines is 2. The molecule has 102 valence electrons. The first-order valence-electron chi connectivity index (χ1n) is 6.31. The zero-order chi connectivity index (χ0) is 13.8. The lowest BCUT2D eigenvalue weighted by Gasteiger charge is -2.13. The zero-order valence-electron chi connectivity index (χ0n) is 11.5. The van der Waals surface area contributed by atoms with Gasteiger partial charge in [-0.1, -0.05) is 0 Å². The predicted molar refractivity (Wildman–Crippen MR) is 79.4 cm³/mol. The van der Waals surface area contributed by atoms with Gasteiger partial charge in [-0.25, -0.2) is 9.97 Å². The van der Waals surface area contributed by atoms with Crippen molar-refractivity contribution in [3.05, 3.63) is 27.7 Å². The number of aromatic nitrogens is 3. The summed E-state index contributed by atoms with van der Waals surface area (Å²) in [5.74, 6) is 0.786. The maximum absolute atomic E-state index is 5.52. The van der Waals surface area contributed by atoms with E-state index in [9.17, 15) is 0 Å². The number of thiophene rings is 1. The van der Waals surface area contributed by atoms with Crippen molar-refractivity contribution in [1.82, 2.24) is 15.0 Å². The Bertz CT molecular complexity index is 552. The molecule has 1 unspecified atom stereocenters. The van der Waals surface area contributed by atoms with Gasteiger partial charge in [0.05, 0.1) is 0 Å². The second-order valence-electron chi connectivity index (χ2n) is 4.71. The Morgan fingerprint density at radius 3 is 2.79 bits per heavy atom. The maximum atomic E-state index is 5.52. The molecule has 2 aromatic heterocycles. The molecule has 2 heterocycles. The summed E-state index contributed by atoms with van der Waals surface area (Å²) in [6, 6.07) is 2.54. The zero-order valence-corrected chi connectivity index (χ0v) is 12.3. The largest absolute Gasteiger partial charge is 0.368 e. The summed E-state index contributed by atoms with van der Waals surface area (Å²) in [5, 5.41) is 3.24. The molecule has 2 rings (SSSR count). The third-order valence-electron chi connectivity index (χ3n) is 2.91. The second kappa shape index (κ2) is 5.97. The molecule has 0 spiro atoms. The summed E-state index contributed by atoms with van der Waals surface area (Å²) < 4.78 is 0. The summed E-state index contributed by atoms with van der Waals surface area (Å²) in [5.41, 5.74) is 6.91. The van der Waals surface area contributed by atoms with E-state index in [-0.39, 0.29) is 5.95 Å². The van der Waals surface area contributed by atoms with E-state index < -0.39 is 0 Å². The number of nitrogens with two attached hydrogens (primary N) is 1. The molecule has 5 nitrogen and oxygen atoms in total. The maximum Gasteiger partial charge on any atom is 0.227 e. The molecule has 3 N–H and O–H groups in total. The van der Waals surface area contributed by atoms with Crippen molar-refractivity contribution in [1.29, 1.82) is 0 Å². The number of hydrogen-bond acceptors (Lipinski definition) is 6. The minimum Gasteiger partial charge on any atom is -0.368 e. The lowest BCUT2D eigenvalue weighted by Crippen LogP contribution is -2.18. The van der Waals surface area contributed by atoms with E-state index in [0.29, 0.717) is 12.0 Å². The summed E-state index contributed by atoms with van der Waals surface area (Å²) in [7, 11) is 0. The van der Waals surface area contributed by atoms with Crippen molar-refractivity contribution in [2.24, 2.45) is 0 Å². The van der Waals surface area contributed by atoms with Gasteiger partial charge in [-0.3, -0.25) is 0 Å². The van der Waals surface area contributed by atoms with Crippen molar-refractivity contribution in [2.45, 2.75) is 39.7 Å². The van der Waals surface area contributed by atoms with Gasteiger partial charge < -0.3 is 11.1 Å². The molecule has 0 aliphatic carbocycles. The molecule has 0 fully saturated rings. The fraction of sp³-hybridized carbons (Fsp3) is 0.462. The van der Waals surface area contributed by atoms with Crippen LogP contribution in [0.5, 0.6) is 0 Å². The fourth-order valence-corrected chi connectivity index (χ4v) is 3.02. The van der Waals surface area contributed by atoms with Gasteiger partial charge in [0.25, 0.3) is 0 Å². The average molecular weight is 277 g/mol. The number of aryl methyl sites for hydroxylation is 3. The lowest BCUT2D eigenvalue weighted by atomic mass is 10.1. The van der Waals surface area contributed by atoms with E-state index in [1.54, 1.807) is 0 Å². The highest BCUT2D eigenvalue weighted by molar-refractivity contribution is 7.12. The van der Waals surface area contributed by atoms with Crippen molar-refractivity contribution >= 4 is 23.2 Å². The SMILES string of the molecule is Cc1cc(C)c(CCC(C)Nc2ncnc(N)n2)s1. The fourth-order valence-electron chi connectivity index (χ4n) is 1.96. The molecule has 19 heavy (non-hydrogen) atoms. The smallest absolute Gasteiger partial charge is 0.227 e. The molecule has 0 radical (unpaired) electrons. The minimum absolute atomic E-state index is 0.245. The van der Waals surface area contributed by atoms with Crippen LogP contribution in [0.2, 0.25) is 0 Å². The molecule has 2 aromatic rings. The van der Waals surface area contributed by atoms with Gasteiger partial charge in [-0.2, -0.15) is 4.98 Å². The van der Waals surface area contributed by atoms with Crippen molar-refractivity contribution in [3.8, 4) is 0 Å². The Morgan fingerprint density at radius 2 is 2.16 bits per heavy atom. The van der Waals surface area contributed by atoms with Gasteiger partial charge in [0.1, 0.15) is 6.33 Å². The Balaban J connectivity index is 1.88. The van der Waals surface area contributed by atoms with E-state index in [0.717, 1.165) is 12.8 Å². The van der Waals surface area contributed by atoms with Crippen LogP contribution in [0.4, 0.5) is 11.9 Å². The highest BCUT2D eigenvalue weighted by atomic mass is 32.1. The molecule has 0 aliphatic rings. The van der Waals surface area contributed by atoms with Crippen LogP contribution in [0.3, 0.4) is 0 Å². The Kier molecular flexibility index (Phi) is 4.31. The number of hydrogen-bond donors (Lipinski definition) is 2. The standard InChI is InChI=1S/C13H19N5S/c1-8-6-10(3)19-11(8)5-4-9(2)17-13-16-7-15-12(14)18-13/h6-7,9H,4-5H2,1-3H3,(H3,14,15,16,17,18). The molecule has 0 bridgehead atoms. The average Bonchev–Trinajstić information content (AvgIpc) is 2.65. The molecule has 0 saturated carbocycles. The van der Waals surface area contributed by atoms with Crippen LogP contribution in [0.25, 0.3) is 0 Å². The predicted octanol–water partition coefficient (Wildman–Crippen LogP) is 2.57. The first-order valence-corrected chi connectivity index (χ1v) is 7.13. The lowest BCUT2D eigenvalue weighted by molar-refractivity contribution is 0.701. The molecule has 0 amide bonds. The number of nitrogen functional groups attached to an aromatic ring is 1. The minimum atomic E-state index is 0.245. The van der Waals surface area contributed by atoms with E-state index in [1.807, 2.05) is 11.3 Å². The van der Waals surface area contributed by atoms with Crippen LogP contribution in [0.15, 0.2) is 12.4 Å². The van der Waals surface area contributed by atoms with Crippen molar-refractivity contribution in [3.63, 3.8) is 0 Å². The van der Waals surface area contributed by atoms with E-state index in [2.05, 4.69) is 47.1 Å². The summed E-state index contributed by atoms with van der Waals surface area (Å²) >= 11 is 1.88. The number of nitrogens with one attached hydrogen (secondary N) is 1. The van der Waals surface area contributed by atoms with Gasteiger partial charge in [0.15, 0.2) is 0 Å². The van der Waals surface area contributed by atoms with Crippen LogP contribution >= 0.6 is 11.3 Å². The van der Waals surface area contributed by atoms with Crippen LogP contribution in [0.1, 0.15) is 28.7 Å². The topological polar surface area (TPSA) is 76.7 Å². The monoisotopic (exact) mass is 277 g/mol. The number of nitrogens with zero attached hydrogens (tertiary/aromatic N) is 3. The number of rotatable bonds is 5. The molecule has 0 saturated heterocycles. The molecular formula is C13H19N5S. The molecular weight excluding hydrogens is 258 g/mol. The highest BCUT2D eigenvalue weighted by Crippen LogP contribution is 2.23. The van der Waals surface area contributed by atoms with E-state index in [4.69, 9.17) is 5.73 Å². The summed E-state index contributed by atoms with van der Waals surface area (Å²) in [4.78, 5) is 14.7. The third kappa shape index (κ3) is 3.89. The van der Waals surface area contributed by atoms with Gasteiger partial charge in [0.2, 0.25) is 11.9 Å². The molecule has 0 aromatic carbocycles. The highest BCUT2D eigenvalue weighted by Gasteiger charge is 2.08. The third-order valence-corrected chi connectivity index (χ3v) is 4.13. The van der Waals surface area contributed by atoms with Crippen LogP contribution in [0, 0.1) is 13.8 Å². The van der Waals surface area contributed by atoms with Gasteiger partial charge in [0, 0.05) is 15.8 Å². The Hall–Kier alpha value is -1.69.